The van der Waals surface area contributed by atoms with Gasteiger partial charge < -0.3 is 4.42 Å². The molecule has 0 fully saturated rings. The van der Waals surface area contributed by atoms with E-state index in [1.807, 2.05) is 31.2 Å². The summed E-state index contributed by atoms with van der Waals surface area (Å²) >= 11 is 0. The molecule has 0 radical (unpaired) electrons. The third-order valence-corrected chi connectivity index (χ3v) is 3.20. The molecule has 1 aliphatic carbocycles. The average Bonchev–Trinajstić information content (AvgIpc) is 2.88. The van der Waals surface area contributed by atoms with Gasteiger partial charge in [0.2, 0.25) is 0 Å². The molecule has 1 atom stereocenters. The maximum absolute atomic E-state index is 12.1. The number of carbonyl (C=O) groups excluding carboxylic acids is 1. The molecule has 0 saturated carbocycles. The molecule has 1 heterocycles. The number of hydrogen-bond acceptors (Lipinski definition) is 2. The summed E-state index contributed by atoms with van der Waals surface area (Å²) in [6.07, 6.45) is 4.18. The zero-order valence-corrected chi connectivity index (χ0v) is 9.07. The van der Waals surface area contributed by atoms with Crippen LogP contribution in [0, 0.1) is 5.92 Å². The fourth-order valence-corrected chi connectivity index (χ4v) is 2.39. The van der Waals surface area contributed by atoms with Gasteiger partial charge in [-0.05, 0) is 23.6 Å². The quantitative estimate of drug-likeness (QED) is 0.725. The molecule has 2 heteroatoms. The zero-order chi connectivity index (χ0) is 11.1. The molecular weight excluding hydrogens is 200 g/mol. The fraction of sp³-hybridized carbons (Fsp3) is 0.214. The molecule has 2 nitrogen and oxygen atoms in total. The fourth-order valence-electron chi connectivity index (χ4n) is 2.39. The second-order valence-electron chi connectivity index (χ2n) is 4.32. The molecule has 3 rings (SSSR count). The van der Waals surface area contributed by atoms with Crippen LogP contribution in [0.25, 0.3) is 11.1 Å². The monoisotopic (exact) mass is 212 g/mol. The highest BCUT2D eigenvalue weighted by atomic mass is 16.3. The van der Waals surface area contributed by atoms with Crippen molar-refractivity contribution in [1.82, 2.24) is 0 Å². The molecule has 16 heavy (non-hydrogen) atoms. The zero-order valence-electron chi connectivity index (χ0n) is 9.07. The van der Waals surface area contributed by atoms with Crippen molar-refractivity contribution >= 4 is 5.78 Å². The van der Waals surface area contributed by atoms with Crippen molar-refractivity contribution in [2.45, 2.75) is 13.3 Å². The molecule has 2 aromatic rings. The third-order valence-electron chi connectivity index (χ3n) is 3.20. The standard InChI is InChI=1S/C14H12O2/c1-9-7-10-3-2-4-12(13(10)14(9)15)11-5-6-16-8-11/h2-6,8-9H,7H2,1H3. The van der Waals surface area contributed by atoms with Gasteiger partial charge in [-0.25, -0.2) is 0 Å². The van der Waals surface area contributed by atoms with Crippen molar-refractivity contribution in [3.63, 3.8) is 0 Å². The van der Waals surface area contributed by atoms with Gasteiger partial charge in [-0.2, -0.15) is 0 Å². The van der Waals surface area contributed by atoms with Crippen LogP contribution in [0.5, 0.6) is 0 Å². The van der Waals surface area contributed by atoms with Crippen LogP contribution in [0.2, 0.25) is 0 Å². The van der Waals surface area contributed by atoms with Gasteiger partial charge in [-0.15, -0.1) is 0 Å². The van der Waals surface area contributed by atoms with E-state index in [1.54, 1.807) is 12.5 Å². The minimum Gasteiger partial charge on any atom is -0.472 e. The Morgan fingerprint density at radius 3 is 2.94 bits per heavy atom. The summed E-state index contributed by atoms with van der Waals surface area (Å²) in [4.78, 5) is 12.1. The molecule has 1 aliphatic rings. The van der Waals surface area contributed by atoms with Crippen molar-refractivity contribution in [3.05, 3.63) is 47.9 Å². The van der Waals surface area contributed by atoms with Gasteiger partial charge in [0.25, 0.3) is 0 Å². The van der Waals surface area contributed by atoms with Crippen LogP contribution in [0.3, 0.4) is 0 Å². The molecule has 0 N–H and O–H groups in total. The molecule has 1 aromatic carbocycles. The van der Waals surface area contributed by atoms with E-state index < -0.39 is 0 Å². The van der Waals surface area contributed by atoms with Gasteiger partial charge in [0.1, 0.15) is 0 Å². The van der Waals surface area contributed by atoms with Gasteiger partial charge in [0.05, 0.1) is 12.5 Å². The van der Waals surface area contributed by atoms with Gasteiger partial charge in [0, 0.05) is 17.0 Å². The minimum absolute atomic E-state index is 0.114. The summed E-state index contributed by atoms with van der Waals surface area (Å²) in [6.45, 7) is 1.99. The molecule has 80 valence electrons. The van der Waals surface area contributed by atoms with Crippen molar-refractivity contribution in [2.75, 3.05) is 0 Å². The summed E-state index contributed by atoms with van der Waals surface area (Å²) < 4.78 is 5.08. The number of benzene rings is 1. The van der Waals surface area contributed by atoms with Crippen LogP contribution in [-0.4, -0.2) is 5.78 Å². The van der Waals surface area contributed by atoms with Crippen LogP contribution >= 0.6 is 0 Å². The van der Waals surface area contributed by atoms with Crippen LogP contribution in [0.4, 0.5) is 0 Å². The first kappa shape index (κ1) is 9.40. The first-order valence-electron chi connectivity index (χ1n) is 5.46. The summed E-state index contributed by atoms with van der Waals surface area (Å²) in [6, 6.07) is 7.93. The minimum atomic E-state index is 0.114. The Kier molecular flexibility index (Phi) is 1.96. The van der Waals surface area contributed by atoms with Gasteiger partial charge in [-0.3, -0.25) is 4.79 Å². The van der Waals surface area contributed by atoms with Crippen LogP contribution in [-0.2, 0) is 6.42 Å². The molecule has 0 bridgehead atoms. The molecular formula is C14H12O2. The summed E-state index contributed by atoms with van der Waals surface area (Å²) in [7, 11) is 0. The Morgan fingerprint density at radius 2 is 2.19 bits per heavy atom. The van der Waals surface area contributed by atoms with Gasteiger partial charge in [0.15, 0.2) is 5.78 Å². The maximum atomic E-state index is 12.1. The van der Waals surface area contributed by atoms with Gasteiger partial charge >= 0.3 is 0 Å². The lowest BCUT2D eigenvalue weighted by atomic mass is 9.98. The molecule has 0 saturated heterocycles. The summed E-state index contributed by atoms with van der Waals surface area (Å²) in [5.74, 6) is 0.370. The molecule has 1 unspecified atom stereocenters. The van der Waals surface area contributed by atoms with Gasteiger partial charge in [-0.1, -0.05) is 25.1 Å². The summed E-state index contributed by atoms with van der Waals surface area (Å²) in [5, 5.41) is 0. The average molecular weight is 212 g/mol. The number of rotatable bonds is 1. The lowest BCUT2D eigenvalue weighted by Crippen LogP contribution is -2.04. The van der Waals surface area contributed by atoms with Crippen molar-refractivity contribution < 1.29 is 9.21 Å². The normalized spacial score (nSPS) is 18.8. The lowest BCUT2D eigenvalue weighted by molar-refractivity contribution is 0.0947. The number of furan rings is 1. The van der Waals surface area contributed by atoms with Crippen molar-refractivity contribution in [1.29, 1.82) is 0 Å². The molecule has 0 amide bonds. The SMILES string of the molecule is CC1Cc2cccc(-c3ccoc3)c2C1=O. The molecule has 0 spiro atoms. The maximum Gasteiger partial charge on any atom is 0.166 e. The van der Waals surface area contributed by atoms with Crippen molar-refractivity contribution in [3.8, 4) is 11.1 Å². The Hall–Kier alpha value is -1.83. The lowest BCUT2D eigenvalue weighted by Gasteiger charge is -2.04. The van der Waals surface area contributed by atoms with Crippen LogP contribution < -0.4 is 0 Å². The van der Waals surface area contributed by atoms with E-state index in [-0.39, 0.29) is 11.7 Å². The van der Waals surface area contributed by atoms with E-state index in [9.17, 15) is 4.79 Å². The topological polar surface area (TPSA) is 30.2 Å². The Morgan fingerprint density at radius 1 is 1.31 bits per heavy atom. The number of carbonyl (C=O) groups is 1. The highest BCUT2D eigenvalue weighted by Crippen LogP contribution is 2.34. The number of fused-ring (bicyclic) bond motifs is 1. The van der Waals surface area contributed by atoms with Crippen molar-refractivity contribution in [2.24, 2.45) is 5.92 Å². The van der Waals surface area contributed by atoms with E-state index >= 15 is 0 Å². The van der Waals surface area contributed by atoms with E-state index in [1.165, 1.54) is 0 Å². The Bertz CT molecular complexity index is 538. The predicted molar refractivity (Wildman–Crippen MR) is 61.3 cm³/mol. The Labute approximate surface area is 93.9 Å². The van der Waals surface area contributed by atoms with E-state index in [0.29, 0.717) is 0 Å². The van der Waals surface area contributed by atoms with Crippen LogP contribution in [0.15, 0.2) is 41.2 Å². The second kappa shape index (κ2) is 3.34. The predicted octanol–water partition coefficient (Wildman–Crippen LogP) is 3.32. The van der Waals surface area contributed by atoms with E-state index in [2.05, 4.69) is 0 Å². The highest BCUT2D eigenvalue weighted by Gasteiger charge is 2.29. The van der Waals surface area contributed by atoms with E-state index in [0.717, 1.165) is 28.7 Å². The molecule has 1 aromatic heterocycles. The smallest absolute Gasteiger partial charge is 0.166 e. The summed E-state index contributed by atoms with van der Waals surface area (Å²) in [5.41, 5.74) is 4.03. The highest BCUT2D eigenvalue weighted by molar-refractivity contribution is 6.07. The largest absolute Gasteiger partial charge is 0.472 e. The first-order chi connectivity index (χ1) is 7.77. The number of hydrogen-bond donors (Lipinski definition) is 0. The number of Topliss-reactive ketones (excluding diaryl/α,β-unsaturated/α-hetero) is 1. The van der Waals surface area contributed by atoms with Crippen LogP contribution in [0.1, 0.15) is 22.8 Å². The molecule has 0 aliphatic heterocycles. The second-order valence-corrected chi connectivity index (χ2v) is 4.32. The first-order valence-corrected chi connectivity index (χ1v) is 5.46. The van der Waals surface area contributed by atoms with E-state index in [4.69, 9.17) is 4.42 Å². The Balaban J connectivity index is 2.23. The number of ketones is 1. The third kappa shape index (κ3) is 1.23.